The predicted octanol–water partition coefficient (Wildman–Crippen LogP) is 3.65. The highest BCUT2D eigenvalue weighted by Gasteiger charge is 2.31. The Morgan fingerprint density at radius 3 is 2.42 bits per heavy atom. The molecule has 1 amide bonds. The highest BCUT2D eigenvalue weighted by atomic mass is 32.2. The van der Waals surface area contributed by atoms with Gasteiger partial charge in [0.05, 0.1) is 11.4 Å². The van der Waals surface area contributed by atoms with Crippen LogP contribution in [0.3, 0.4) is 0 Å². The molecule has 0 N–H and O–H groups in total. The molecule has 5 nitrogen and oxygen atoms in total. The molecule has 2 aromatic rings. The first-order valence-electron chi connectivity index (χ1n) is 9.08. The normalized spacial score (nSPS) is 20.5. The molecule has 0 unspecified atom stereocenters. The van der Waals surface area contributed by atoms with Gasteiger partial charge < -0.3 is 14.3 Å². The molecule has 2 heterocycles. The fourth-order valence-electron chi connectivity index (χ4n) is 3.68. The lowest BCUT2D eigenvalue weighted by Gasteiger charge is -2.46. The van der Waals surface area contributed by atoms with E-state index in [1.807, 2.05) is 24.8 Å². The first-order chi connectivity index (χ1) is 12.5. The van der Waals surface area contributed by atoms with E-state index in [0.29, 0.717) is 17.8 Å². The third kappa shape index (κ3) is 4.06. The standard InChI is InChI=1S/C20H27N3O2S/c1-14-10-22(11-15(2)23(14)18-8-6-5-7-9-18)20(24)13-26-12-19-16(3)21-25-17(19)4/h5-9,14-15H,10-13H2,1-4H3/t14-,15+. The molecule has 1 fully saturated rings. The second kappa shape index (κ2) is 8.16. The van der Waals surface area contributed by atoms with Gasteiger partial charge in [0.1, 0.15) is 5.76 Å². The van der Waals surface area contributed by atoms with Crippen molar-refractivity contribution in [3.63, 3.8) is 0 Å². The largest absolute Gasteiger partial charge is 0.363 e. The van der Waals surface area contributed by atoms with Crippen molar-refractivity contribution in [3.05, 3.63) is 47.3 Å². The van der Waals surface area contributed by atoms with Gasteiger partial charge in [-0.2, -0.15) is 0 Å². The van der Waals surface area contributed by atoms with Crippen LogP contribution in [0.2, 0.25) is 0 Å². The minimum absolute atomic E-state index is 0.216. The second-order valence-corrected chi connectivity index (χ2v) is 8.02. The van der Waals surface area contributed by atoms with Crippen LogP contribution in [0.5, 0.6) is 0 Å². The predicted molar refractivity (Wildman–Crippen MR) is 107 cm³/mol. The van der Waals surface area contributed by atoms with Crippen LogP contribution in [-0.2, 0) is 10.5 Å². The molecule has 1 saturated heterocycles. The van der Waals surface area contributed by atoms with Gasteiger partial charge in [-0.25, -0.2) is 0 Å². The lowest BCUT2D eigenvalue weighted by atomic mass is 10.1. The number of benzene rings is 1. The second-order valence-electron chi connectivity index (χ2n) is 7.04. The molecule has 1 aliphatic rings. The number of carbonyl (C=O) groups excluding carboxylic acids is 1. The van der Waals surface area contributed by atoms with Crippen molar-refractivity contribution in [2.24, 2.45) is 0 Å². The van der Waals surface area contributed by atoms with E-state index in [1.54, 1.807) is 11.8 Å². The number of hydrogen-bond donors (Lipinski definition) is 0. The molecule has 0 bridgehead atoms. The zero-order chi connectivity index (χ0) is 18.7. The Bertz CT molecular complexity index is 715. The maximum atomic E-state index is 12.7. The summed E-state index contributed by atoms with van der Waals surface area (Å²) in [6, 6.07) is 11.1. The Balaban J connectivity index is 1.55. The van der Waals surface area contributed by atoms with Crippen molar-refractivity contribution in [3.8, 4) is 0 Å². The quantitative estimate of drug-likeness (QED) is 0.801. The SMILES string of the molecule is Cc1noc(C)c1CSCC(=O)N1C[C@@H](C)N(c2ccccc2)[C@@H](C)C1. The van der Waals surface area contributed by atoms with E-state index >= 15 is 0 Å². The number of hydrogen-bond acceptors (Lipinski definition) is 5. The van der Waals surface area contributed by atoms with E-state index in [2.05, 4.69) is 48.2 Å². The number of amides is 1. The zero-order valence-electron chi connectivity index (χ0n) is 15.9. The summed E-state index contributed by atoms with van der Waals surface area (Å²) in [5.41, 5.74) is 3.26. The summed E-state index contributed by atoms with van der Waals surface area (Å²) in [4.78, 5) is 17.1. The third-order valence-electron chi connectivity index (χ3n) is 4.98. The van der Waals surface area contributed by atoms with Crippen LogP contribution < -0.4 is 4.90 Å². The lowest BCUT2D eigenvalue weighted by Crippen LogP contribution is -2.58. The van der Waals surface area contributed by atoms with E-state index in [-0.39, 0.29) is 5.91 Å². The number of piperazine rings is 1. The van der Waals surface area contributed by atoms with Crippen molar-refractivity contribution in [1.29, 1.82) is 0 Å². The van der Waals surface area contributed by atoms with Crippen molar-refractivity contribution < 1.29 is 9.32 Å². The van der Waals surface area contributed by atoms with Gasteiger partial charge >= 0.3 is 0 Å². The van der Waals surface area contributed by atoms with Gasteiger partial charge in [0.25, 0.3) is 0 Å². The summed E-state index contributed by atoms with van der Waals surface area (Å²) in [7, 11) is 0. The zero-order valence-corrected chi connectivity index (χ0v) is 16.8. The number of rotatable bonds is 5. The van der Waals surface area contributed by atoms with E-state index < -0.39 is 0 Å². The van der Waals surface area contributed by atoms with E-state index in [4.69, 9.17) is 4.52 Å². The van der Waals surface area contributed by atoms with Crippen LogP contribution >= 0.6 is 11.8 Å². The molecular weight excluding hydrogens is 346 g/mol. The molecule has 1 aromatic heterocycles. The molecular formula is C20H27N3O2S. The maximum absolute atomic E-state index is 12.7. The number of thioether (sulfide) groups is 1. The monoisotopic (exact) mass is 373 g/mol. The van der Waals surface area contributed by atoms with Crippen LogP contribution in [0.15, 0.2) is 34.9 Å². The summed E-state index contributed by atoms with van der Waals surface area (Å²) in [6.07, 6.45) is 0. The number of nitrogens with zero attached hydrogens (tertiary/aromatic N) is 3. The molecule has 3 rings (SSSR count). The first kappa shape index (κ1) is 18.8. The van der Waals surface area contributed by atoms with Crippen LogP contribution in [-0.4, -0.2) is 46.9 Å². The Morgan fingerprint density at radius 2 is 1.85 bits per heavy atom. The average molecular weight is 374 g/mol. The molecule has 140 valence electrons. The Kier molecular flexibility index (Phi) is 5.91. The van der Waals surface area contributed by atoms with Crippen molar-refractivity contribution in [2.75, 3.05) is 23.7 Å². The van der Waals surface area contributed by atoms with Gasteiger partial charge in [0, 0.05) is 42.2 Å². The summed E-state index contributed by atoms with van der Waals surface area (Å²) in [6.45, 7) is 9.79. The van der Waals surface area contributed by atoms with Crippen LogP contribution in [0.4, 0.5) is 5.69 Å². The molecule has 26 heavy (non-hydrogen) atoms. The van der Waals surface area contributed by atoms with Gasteiger partial charge in [0.15, 0.2) is 0 Å². The molecule has 0 saturated carbocycles. The number of aryl methyl sites for hydroxylation is 2. The summed E-state index contributed by atoms with van der Waals surface area (Å²) >= 11 is 1.64. The van der Waals surface area contributed by atoms with Crippen molar-refractivity contribution in [1.82, 2.24) is 10.1 Å². The number of carbonyl (C=O) groups is 1. The summed E-state index contributed by atoms with van der Waals surface area (Å²) in [5, 5.41) is 3.97. The Morgan fingerprint density at radius 1 is 1.19 bits per heavy atom. The fraction of sp³-hybridized carbons (Fsp3) is 0.500. The molecule has 0 spiro atoms. The molecule has 0 radical (unpaired) electrons. The number of anilines is 1. The highest BCUT2D eigenvalue weighted by molar-refractivity contribution is 7.99. The highest BCUT2D eigenvalue weighted by Crippen LogP contribution is 2.25. The molecule has 1 aliphatic heterocycles. The summed E-state index contributed by atoms with van der Waals surface area (Å²) in [5.74, 6) is 2.32. The van der Waals surface area contributed by atoms with Crippen molar-refractivity contribution in [2.45, 2.75) is 45.5 Å². The lowest BCUT2D eigenvalue weighted by molar-refractivity contribution is -0.129. The van der Waals surface area contributed by atoms with E-state index in [9.17, 15) is 4.79 Å². The van der Waals surface area contributed by atoms with Gasteiger partial charge in [-0.3, -0.25) is 4.79 Å². The fourth-order valence-corrected chi connectivity index (χ4v) is 4.75. The molecule has 2 atom stereocenters. The number of para-hydroxylation sites is 1. The smallest absolute Gasteiger partial charge is 0.232 e. The first-order valence-corrected chi connectivity index (χ1v) is 10.2. The van der Waals surface area contributed by atoms with E-state index in [1.165, 1.54) is 5.69 Å². The number of aromatic nitrogens is 1. The molecule has 6 heteroatoms. The Labute approximate surface area is 159 Å². The maximum Gasteiger partial charge on any atom is 0.232 e. The van der Waals surface area contributed by atoms with E-state index in [0.717, 1.165) is 35.9 Å². The third-order valence-corrected chi connectivity index (χ3v) is 5.92. The molecule has 0 aliphatic carbocycles. The van der Waals surface area contributed by atoms with Crippen LogP contribution in [0.25, 0.3) is 0 Å². The molecule has 1 aromatic carbocycles. The van der Waals surface area contributed by atoms with Gasteiger partial charge in [-0.15, -0.1) is 11.8 Å². The van der Waals surface area contributed by atoms with Crippen molar-refractivity contribution >= 4 is 23.4 Å². The van der Waals surface area contributed by atoms with Crippen LogP contribution in [0, 0.1) is 13.8 Å². The van der Waals surface area contributed by atoms with Gasteiger partial charge in [-0.1, -0.05) is 23.4 Å². The van der Waals surface area contributed by atoms with Gasteiger partial charge in [-0.05, 0) is 39.8 Å². The average Bonchev–Trinajstić information content (AvgIpc) is 2.94. The minimum Gasteiger partial charge on any atom is -0.363 e. The Hall–Kier alpha value is -1.95. The van der Waals surface area contributed by atoms with Crippen LogP contribution in [0.1, 0.15) is 30.9 Å². The minimum atomic E-state index is 0.216. The summed E-state index contributed by atoms with van der Waals surface area (Å²) < 4.78 is 5.19. The van der Waals surface area contributed by atoms with Gasteiger partial charge in [0.2, 0.25) is 5.91 Å². The topological polar surface area (TPSA) is 49.6 Å².